The second-order valence-corrected chi connectivity index (χ2v) is 8.13. The van der Waals surface area contributed by atoms with Crippen molar-refractivity contribution in [2.45, 2.75) is 43.7 Å². The largest absolute Gasteiger partial charge is 0.488 e. The molecule has 0 bridgehead atoms. The highest BCUT2D eigenvalue weighted by molar-refractivity contribution is 6.31. The van der Waals surface area contributed by atoms with E-state index in [2.05, 4.69) is 0 Å². The first-order valence-electron chi connectivity index (χ1n) is 10.1. The van der Waals surface area contributed by atoms with Gasteiger partial charge < -0.3 is 24.4 Å². The molecule has 0 amide bonds. The fourth-order valence-corrected chi connectivity index (χ4v) is 4.02. The van der Waals surface area contributed by atoms with Gasteiger partial charge >= 0.3 is 0 Å². The fourth-order valence-electron chi connectivity index (χ4n) is 3.84. The van der Waals surface area contributed by atoms with Gasteiger partial charge in [-0.1, -0.05) is 35.9 Å². The first kappa shape index (κ1) is 21.3. The topological polar surface area (TPSA) is 85.2 Å². The third kappa shape index (κ3) is 4.85. The molecule has 0 aliphatic carbocycles. The van der Waals surface area contributed by atoms with Crippen LogP contribution in [0, 0.1) is 0 Å². The number of hydrogen-bond acceptors (Lipinski definition) is 6. The highest BCUT2D eigenvalue weighted by Gasteiger charge is 2.36. The van der Waals surface area contributed by atoms with E-state index >= 15 is 0 Å². The number of benzene rings is 2. The molecule has 4 unspecified atom stereocenters. The van der Waals surface area contributed by atoms with Crippen LogP contribution in [0.15, 0.2) is 42.5 Å². The van der Waals surface area contributed by atoms with E-state index in [9.17, 15) is 15.0 Å². The van der Waals surface area contributed by atoms with Crippen molar-refractivity contribution in [3.05, 3.63) is 64.2 Å². The van der Waals surface area contributed by atoms with Crippen LogP contribution in [0.4, 0.5) is 0 Å². The Hall–Kier alpha value is -1.96. The molecular formula is C23H25ClO6. The summed E-state index contributed by atoms with van der Waals surface area (Å²) >= 11 is 6.41. The summed E-state index contributed by atoms with van der Waals surface area (Å²) in [5.41, 5.74) is 2.82. The minimum absolute atomic E-state index is 0.113. The molecule has 7 heteroatoms. The van der Waals surface area contributed by atoms with Crippen molar-refractivity contribution in [2.24, 2.45) is 0 Å². The number of halogens is 1. The van der Waals surface area contributed by atoms with Crippen LogP contribution in [0.2, 0.25) is 5.02 Å². The number of hydrogen-bond donors (Lipinski definition) is 2. The summed E-state index contributed by atoms with van der Waals surface area (Å²) in [7, 11) is 0. The molecular weight excluding hydrogens is 408 g/mol. The molecule has 2 fully saturated rings. The standard InChI is InChI=1S/C23H25ClO6/c24-19-6-3-15(21-11-20(26)23(27)22(12-25)30-21)10-16(19)9-14-1-4-17(5-2-14)29-18-7-8-28-13-18/h1-6,10,18,20-22,25-26H,7-9,11-13H2. The molecule has 0 radical (unpaired) electrons. The van der Waals surface area contributed by atoms with Gasteiger partial charge in [-0.15, -0.1) is 0 Å². The Kier molecular flexibility index (Phi) is 6.71. The number of aliphatic hydroxyl groups excluding tert-OH is 2. The molecule has 2 aliphatic heterocycles. The zero-order valence-corrected chi connectivity index (χ0v) is 17.3. The van der Waals surface area contributed by atoms with Gasteiger partial charge in [0.25, 0.3) is 0 Å². The van der Waals surface area contributed by atoms with Gasteiger partial charge in [0, 0.05) is 17.9 Å². The molecule has 0 aromatic heterocycles. The quantitative estimate of drug-likeness (QED) is 0.730. The number of ether oxygens (including phenoxy) is 3. The van der Waals surface area contributed by atoms with E-state index in [1.807, 2.05) is 36.4 Å². The smallest absolute Gasteiger partial charge is 0.192 e. The van der Waals surface area contributed by atoms with E-state index in [1.165, 1.54) is 0 Å². The van der Waals surface area contributed by atoms with Crippen LogP contribution in [0.5, 0.6) is 5.75 Å². The van der Waals surface area contributed by atoms with Gasteiger partial charge in [-0.05, 0) is 41.3 Å². The summed E-state index contributed by atoms with van der Waals surface area (Å²) in [6.07, 6.45) is -0.818. The SMILES string of the molecule is O=C1C(O)CC(c2ccc(Cl)c(Cc3ccc(OC4CCOC4)cc3)c2)OC1CO. The van der Waals surface area contributed by atoms with Gasteiger partial charge in [0.05, 0.1) is 25.9 Å². The molecule has 0 spiro atoms. The maximum absolute atomic E-state index is 11.9. The van der Waals surface area contributed by atoms with Crippen LogP contribution in [-0.4, -0.2) is 54.1 Å². The van der Waals surface area contributed by atoms with Crippen LogP contribution in [-0.2, 0) is 20.7 Å². The number of Topliss-reactive ketones (excluding diaryl/α,β-unsaturated/α-hetero) is 1. The number of aliphatic hydroxyl groups is 2. The molecule has 4 rings (SSSR count). The Morgan fingerprint density at radius 1 is 1.17 bits per heavy atom. The normalized spacial score (nSPS) is 26.7. The lowest BCUT2D eigenvalue weighted by Gasteiger charge is -2.31. The summed E-state index contributed by atoms with van der Waals surface area (Å²) in [5.74, 6) is 0.341. The number of carbonyl (C=O) groups excluding carboxylic acids is 1. The average molecular weight is 433 g/mol. The fraction of sp³-hybridized carbons (Fsp3) is 0.435. The molecule has 2 aromatic carbocycles. The van der Waals surface area contributed by atoms with E-state index in [0.29, 0.717) is 18.1 Å². The molecule has 2 N–H and O–H groups in total. The Balaban J connectivity index is 1.46. The maximum atomic E-state index is 11.9. The third-order valence-corrected chi connectivity index (χ3v) is 5.90. The van der Waals surface area contributed by atoms with E-state index in [4.69, 9.17) is 25.8 Å². The molecule has 2 aliphatic rings. The highest BCUT2D eigenvalue weighted by Crippen LogP contribution is 2.33. The first-order chi connectivity index (χ1) is 14.5. The monoisotopic (exact) mass is 432 g/mol. The zero-order chi connectivity index (χ0) is 21.1. The van der Waals surface area contributed by atoms with Crippen molar-refractivity contribution >= 4 is 17.4 Å². The molecule has 160 valence electrons. The zero-order valence-electron chi connectivity index (χ0n) is 16.5. The summed E-state index contributed by atoms with van der Waals surface area (Å²) in [6.45, 7) is 0.922. The van der Waals surface area contributed by atoms with Gasteiger partial charge in [0.1, 0.15) is 24.1 Å². The molecule has 2 heterocycles. The molecule has 2 saturated heterocycles. The maximum Gasteiger partial charge on any atom is 0.192 e. The van der Waals surface area contributed by atoms with Gasteiger partial charge in [-0.2, -0.15) is 0 Å². The summed E-state index contributed by atoms with van der Waals surface area (Å²) in [4.78, 5) is 11.9. The molecule has 6 nitrogen and oxygen atoms in total. The van der Waals surface area contributed by atoms with Crippen molar-refractivity contribution in [2.75, 3.05) is 19.8 Å². The highest BCUT2D eigenvalue weighted by atomic mass is 35.5. The minimum atomic E-state index is -1.14. The van der Waals surface area contributed by atoms with Gasteiger partial charge in [-0.3, -0.25) is 4.79 Å². The Morgan fingerprint density at radius 2 is 1.97 bits per heavy atom. The lowest BCUT2D eigenvalue weighted by molar-refractivity contribution is -0.161. The van der Waals surface area contributed by atoms with Crippen molar-refractivity contribution in [3.8, 4) is 5.75 Å². The van der Waals surface area contributed by atoms with Crippen molar-refractivity contribution in [1.29, 1.82) is 0 Å². The van der Waals surface area contributed by atoms with E-state index < -0.39 is 30.7 Å². The number of rotatable bonds is 6. The van der Waals surface area contributed by atoms with Crippen molar-refractivity contribution in [1.82, 2.24) is 0 Å². The van der Waals surface area contributed by atoms with E-state index in [-0.39, 0.29) is 12.5 Å². The van der Waals surface area contributed by atoms with Crippen LogP contribution >= 0.6 is 11.6 Å². The van der Waals surface area contributed by atoms with Crippen molar-refractivity contribution in [3.63, 3.8) is 0 Å². The summed E-state index contributed by atoms with van der Waals surface area (Å²) in [5, 5.41) is 20.0. The van der Waals surface area contributed by atoms with Crippen LogP contribution in [0.25, 0.3) is 0 Å². The number of ketones is 1. The molecule has 4 atom stereocenters. The van der Waals surface area contributed by atoms with E-state index in [1.54, 1.807) is 6.07 Å². The second kappa shape index (κ2) is 9.45. The molecule has 0 saturated carbocycles. The summed E-state index contributed by atoms with van der Waals surface area (Å²) < 4.78 is 16.9. The molecule has 30 heavy (non-hydrogen) atoms. The Labute approximate surface area is 180 Å². The van der Waals surface area contributed by atoms with Crippen molar-refractivity contribution < 1.29 is 29.2 Å². The average Bonchev–Trinajstić information content (AvgIpc) is 3.26. The van der Waals surface area contributed by atoms with Crippen LogP contribution < -0.4 is 4.74 Å². The van der Waals surface area contributed by atoms with Crippen LogP contribution in [0.3, 0.4) is 0 Å². The predicted octanol–water partition coefficient (Wildman–Crippen LogP) is 2.85. The number of carbonyl (C=O) groups is 1. The Morgan fingerprint density at radius 3 is 2.67 bits per heavy atom. The predicted molar refractivity (Wildman–Crippen MR) is 111 cm³/mol. The van der Waals surface area contributed by atoms with Gasteiger partial charge in [0.2, 0.25) is 0 Å². The van der Waals surface area contributed by atoms with Crippen LogP contribution in [0.1, 0.15) is 35.6 Å². The Bertz CT molecular complexity index is 878. The first-order valence-corrected chi connectivity index (χ1v) is 10.5. The van der Waals surface area contributed by atoms with E-state index in [0.717, 1.165) is 35.5 Å². The lowest BCUT2D eigenvalue weighted by atomic mass is 9.93. The second-order valence-electron chi connectivity index (χ2n) is 7.72. The van der Waals surface area contributed by atoms with Gasteiger partial charge in [0.15, 0.2) is 5.78 Å². The third-order valence-electron chi connectivity index (χ3n) is 5.53. The molecule has 2 aromatic rings. The lowest BCUT2D eigenvalue weighted by Crippen LogP contribution is -2.43. The minimum Gasteiger partial charge on any atom is -0.488 e. The van der Waals surface area contributed by atoms with Gasteiger partial charge in [-0.25, -0.2) is 0 Å². The summed E-state index contributed by atoms with van der Waals surface area (Å²) in [6, 6.07) is 13.5.